The van der Waals surface area contributed by atoms with Crippen LogP contribution < -0.4 is 5.19 Å². The molecule has 0 bridgehead atoms. The molecule has 1 nitrogen and oxygen atoms in total. The van der Waals surface area contributed by atoms with E-state index in [1.807, 2.05) is 11.3 Å². The van der Waals surface area contributed by atoms with Crippen LogP contribution >= 0.6 is 11.3 Å². The second-order valence-corrected chi connectivity index (χ2v) is 26.0. The van der Waals surface area contributed by atoms with Crippen molar-refractivity contribution in [2.24, 2.45) is 0 Å². The fourth-order valence-corrected chi connectivity index (χ4v) is 9.65. The van der Waals surface area contributed by atoms with Gasteiger partial charge in [-0.3, -0.25) is 4.98 Å². The summed E-state index contributed by atoms with van der Waals surface area (Å²) in [5, 5.41) is 5.57. The van der Waals surface area contributed by atoms with Gasteiger partial charge in [0.25, 0.3) is 0 Å². The van der Waals surface area contributed by atoms with Crippen LogP contribution in [0.5, 0.6) is 0 Å². The second kappa shape index (κ2) is 9.83. The quantitative estimate of drug-likeness (QED) is 0.193. The van der Waals surface area contributed by atoms with Crippen LogP contribution in [0.4, 0.5) is 0 Å². The molecule has 0 aliphatic rings. The third-order valence-electron chi connectivity index (χ3n) is 7.71. The summed E-state index contributed by atoms with van der Waals surface area (Å²) < 4.78 is 1.34. The Morgan fingerprint density at radius 3 is 2.10 bits per heavy atom. The molecule has 202 valence electrons. The molecule has 0 fully saturated rings. The predicted octanol–water partition coefficient (Wildman–Crippen LogP) is 10.4. The summed E-state index contributed by atoms with van der Waals surface area (Å²) in [5.74, 6) is 0. The molecule has 4 heteroatoms. The minimum Gasteiger partial charge on any atom is -0.254 e. The predicted molar refractivity (Wildman–Crippen MR) is 181 cm³/mol. The summed E-state index contributed by atoms with van der Waals surface area (Å²) in [6.45, 7) is 23.9. The highest BCUT2D eigenvalue weighted by molar-refractivity contribution is 7.23. The number of hydrogen-bond acceptors (Lipinski definition) is 2. The molecule has 0 spiro atoms. The van der Waals surface area contributed by atoms with Gasteiger partial charge in [0.2, 0.25) is 0 Å². The van der Waals surface area contributed by atoms with Gasteiger partial charge in [0.15, 0.2) is 0 Å². The van der Waals surface area contributed by atoms with E-state index in [0.717, 1.165) is 11.7 Å². The molecule has 2 aromatic heterocycles. The van der Waals surface area contributed by atoms with Crippen molar-refractivity contribution in [2.45, 2.75) is 78.4 Å². The van der Waals surface area contributed by atoms with Gasteiger partial charge in [0, 0.05) is 30.1 Å². The van der Waals surface area contributed by atoms with Crippen LogP contribution in [0.2, 0.25) is 39.3 Å². The first-order valence-corrected chi connectivity index (χ1v) is 22.2. The lowest BCUT2D eigenvalue weighted by atomic mass is 9.82. The Balaban J connectivity index is 1.78. The zero-order valence-electron chi connectivity index (χ0n) is 25.4. The largest absolute Gasteiger partial charge is 0.254 e. The van der Waals surface area contributed by atoms with Gasteiger partial charge in [-0.1, -0.05) is 114 Å². The average molecular weight is 566 g/mol. The first kappa shape index (κ1) is 28.0. The highest BCUT2D eigenvalue weighted by Crippen LogP contribution is 2.45. The fourth-order valence-electron chi connectivity index (χ4n) is 5.71. The Morgan fingerprint density at radius 2 is 1.49 bits per heavy atom. The summed E-state index contributed by atoms with van der Waals surface area (Å²) >= 11 is 1.93. The summed E-state index contributed by atoms with van der Waals surface area (Å²) in [6.07, 6.45) is 2.19. The Hall–Kier alpha value is -2.54. The summed E-state index contributed by atoms with van der Waals surface area (Å²) in [5.41, 5.74) is 7.93. The molecule has 39 heavy (non-hydrogen) atoms. The third kappa shape index (κ3) is 5.57. The van der Waals surface area contributed by atoms with Crippen molar-refractivity contribution in [3.8, 4) is 21.7 Å². The molecule has 0 unspecified atom stereocenters. The van der Waals surface area contributed by atoms with Crippen LogP contribution in [-0.4, -0.2) is 21.1 Å². The Morgan fingerprint density at radius 1 is 0.821 bits per heavy atom. The van der Waals surface area contributed by atoms with Crippen LogP contribution in [0.15, 0.2) is 66.9 Å². The standard InChI is InChI=1S/C35H43NSSi2/c1-23-31-27(22-38(5,6)7)21-36-32(26-19-25-13-11-12-14-29(25)30(20-26)35(2,3)4)34(31)37-33(23)24-15-17-28(18-16-24)39(8,9)10/h11-21H,22H2,1-10H3. The van der Waals surface area contributed by atoms with Gasteiger partial charge in [-0.15, -0.1) is 11.3 Å². The summed E-state index contributed by atoms with van der Waals surface area (Å²) in [6, 6.07) is 24.1. The Kier molecular flexibility index (Phi) is 7.06. The van der Waals surface area contributed by atoms with Crippen molar-refractivity contribution in [3.05, 3.63) is 83.6 Å². The van der Waals surface area contributed by atoms with E-state index < -0.39 is 16.1 Å². The maximum absolute atomic E-state index is 5.22. The molecule has 0 saturated carbocycles. The number of aryl methyl sites for hydroxylation is 1. The first-order chi connectivity index (χ1) is 18.1. The van der Waals surface area contributed by atoms with Gasteiger partial charge < -0.3 is 0 Å². The van der Waals surface area contributed by atoms with E-state index in [1.165, 1.54) is 58.7 Å². The van der Waals surface area contributed by atoms with Crippen molar-refractivity contribution in [2.75, 3.05) is 0 Å². The van der Waals surface area contributed by atoms with Gasteiger partial charge in [0.1, 0.15) is 0 Å². The number of hydrogen-bond donors (Lipinski definition) is 0. The lowest BCUT2D eigenvalue weighted by molar-refractivity contribution is 0.596. The van der Waals surface area contributed by atoms with Crippen molar-refractivity contribution in [3.63, 3.8) is 0 Å². The molecule has 0 radical (unpaired) electrons. The second-order valence-electron chi connectivity index (χ2n) is 14.5. The number of thiophene rings is 1. The summed E-state index contributed by atoms with van der Waals surface area (Å²) in [4.78, 5) is 6.61. The van der Waals surface area contributed by atoms with Crippen LogP contribution in [0.3, 0.4) is 0 Å². The zero-order valence-corrected chi connectivity index (χ0v) is 28.2. The molecule has 0 atom stereocenters. The number of fused-ring (bicyclic) bond motifs is 2. The van der Waals surface area contributed by atoms with Gasteiger partial charge in [0.05, 0.1) is 18.5 Å². The summed E-state index contributed by atoms with van der Waals surface area (Å²) in [7, 11) is -2.67. The maximum atomic E-state index is 5.22. The lowest BCUT2D eigenvalue weighted by Crippen LogP contribution is -2.37. The molecule has 0 amide bonds. The van der Waals surface area contributed by atoms with Gasteiger partial charge in [-0.05, 0) is 63.5 Å². The van der Waals surface area contributed by atoms with E-state index in [1.54, 1.807) is 0 Å². The number of aromatic nitrogens is 1. The van der Waals surface area contributed by atoms with Gasteiger partial charge >= 0.3 is 0 Å². The van der Waals surface area contributed by atoms with Crippen LogP contribution in [-0.2, 0) is 11.5 Å². The van der Waals surface area contributed by atoms with Crippen molar-refractivity contribution in [1.82, 2.24) is 4.98 Å². The minimum atomic E-state index is -1.34. The highest BCUT2D eigenvalue weighted by atomic mass is 32.1. The molecule has 5 rings (SSSR count). The lowest BCUT2D eigenvalue weighted by Gasteiger charge is -2.23. The SMILES string of the molecule is Cc1c(-c2ccc([Si](C)(C)C)cc2)sc2c(-c3cc(C(C)(C)C)c4ccccc4c3)ncc(C[Si](C)(C)C)c12. The fraction of sp³-hybridized carbons (Fsp3) is 0.343. The van der Waals surface area contributed by atoms with Crippen molar-refractivity contribution >= 4 is 53.5 Å². The van der Waals surface area contributed by atoms with Crippen LogP contribution in [0.25, 0.3) is 42.6 Å². The normalized spacial score (nSPS) is 13.0. The molecular weight excluding hydrogens is 523 g/mol. The Bertz CT molecular complexity index is 1670. The van der Waals surface area contributed by atoms with Crippen LogP contribution in [0.1, 0.15) is 37.5 Å². The third-order valence-corrected chi connectivity index (χ3v) is 12.6. The molecule has 5 aromatic rings. The van der Waals surface area contributed by atoms with Gasteiger partial charge in [-0.25, -0.2) is 0 Å². The van der Waals surface area contributed by atoms with Crippen molar-refractivity contribution in [1.29, 1.82) is 0 Å². The van der Waals surface area contributed by atoms with Crippen molar-refractivity contribution < 1.29 is 0 Å². The highest BCUT2D eigenvalue weighted by Gasteiger charge is 2.24. The minimum absolute atomic E-state index is 0.0428. The Labute approximate surface area is 241 Å². The van der Waals surface area contributed by atoms with E-state index >= 15 is 0 Å². The maximum Gasteiger partial charge on any atom is 0.0880 e. The average Bonchev–Trinajstić information content (AvgIpc) is 3.19. The monoisotopic (exact) mass is 565 g/mol. The number of benzene rings is 3. The number of nitrogens with zero attached hydrogens (tertiary/aromatic N) is 1. The van der Waals surface area contributed by atoms with E-state index in [0.29, 0.717) is 0 Å². The van der Waals surface area contributed by atoms with Gasteiger partial charge in [-0.2, -0.15) is 0 Å². The molecule has 0 aliphatic carbocycles. The zero-order chi connectivity index (χ0) is 28.3. The van der Waals surface area contributed by atoms with E-state index in [2.05, 4.69) is 134 Å². The first-order valence-electron chi connectivity index (χ1n) is 14.2. The van der Waals surface area contributed by atoms with Crippen LogP contribution in [0, 0.1) is 6.92 Å². The number of pyridine rings is 1. The molecular formula is C35H43NSSi2. The molecule has 0 N–H and O–H groups in total. The molecule has 0 saturated heterocycles. The smallest absolute Gasteiger partial charge is 0.0880 e. The number of rotatable bonds is 5. The molecule has 0 aliphatic heterocycles. The molecule has 2 heterocycles. The molecule has 3 aromatic carbocycles. The van der Waals surface area contributed by atoms with E-state index in [9.17, 15) is 0 Å². The van der Waals surface area contributed by atoms with E-state index in [-0.39, 0.29) is 5.41 Å². The van der Waals surface area contributed by atoms with E-state index in [4.69, 9.17) is 4.98 Å². The topological polar surface area (TPSA) is 12.9 Å².